The van der Waals surface area contributed by atoms with Gasteiger partial charge in [-0.1, -0.05) is 18.2 Å². The summed E-state index contributed by atoms with van der Waals surface area (Å²) in [6.07, 6.45) is -2.64. The number of alkyl halides is 3. The first-order valence-corrected chi connectivity index (χ1v) is 7.97. The summed E-state index contributed by atoms with van der Waals surface area (Å²) >= 11 is 0. The molecule has 0 radical (unpaired) electrons. The molecule has 7 heteroatoms. The van der Waals surface area contributed by atoms with Crippen molar-refractivity contribution in [1.82, 2.24) is 4.90 Å². The van der Waals surface area contributed by atoms with Gasteiger partial charge in [0.05, 0.1) is 19.8 Å². The maximum absolute atomic E-state index is 12.4. The third-order valence-corrected chi connectivity index (χ3v) is 4.55. The van der Waals surface area contributed by atoms with Crippen molar-refractivity contribution >= 4 is 5.78 Å². The van der Waals surface area contributed by atoms with E-state index in [1.807, 2.05) is 36.2 Å². The van der Waals surface area contributed by atoms with Crippen LogP contribution in [0.4, 0.5) is 13.2 Å². The molecule has 2 unspecified atom stereocenters. The van der Waals surface area contributed by atoms with Gasteiger partial charge in [0.2, 0.25) is 0 Å². The number of allylic oxidation sites excluding steroid dienone is 1. The Hall–Kier alpha value is -2.02. The number of ketones is 1. The van der Waals surface area contributed by atoms with E-state index in [1.54, 1.807) is 14.2 Å². The first-order valence-electron chi connectivity index (χ1n) is 7.97. The average Bonchev–Trinajstić information content (AvgIpc) is 2.94. The third kappa shape index (κ3) is 4.54. The van der Waals surface area contributed by atoms with Crippen LogP contribution in [0.3, 0.4) is 0 Å². The minimum absolute atomic E-state index is 0.00646. The van der Waals surface area contributed by atoms with Gasteiger partial charge in [0.25, 0.3) is 0 Å². The Labute approximate surface area is 145 Å². The zero-order valence-corrected chi connectivity index (χ0v) is 14.5. The predicted octanol–water partition coefficient (Wildman–Crippen LogP) is 3.47. The van der Waals surface area contributed by atoms with Crippen molar-refractivity contribution in [3.8, 4) is 11.5 Å². The number of rotatable bonds is 2. The second-order valence-corrected chi connectivity index (χ2v) is 6.06. The van der Waals surface area contributed by atoms with Crippen LogP contribution in [0.25, 0.3) is 0 Å². The summed E-state index contributed by atoms with van der Waals surface area (Å²) in [5.41, 5.74) is -0.945. The van der Waals surface area contributed by atoms with Crippen molar-refractivity contribution in [3.63, 3.8) is 0 Å². The number of hydrogen-bond acceptors (Lipinski definition) is 4. The zero-order chi connectivity index (χ0) is 18.6. The number of benzene rings is 1. The van der Waals surface area contributed by atoms with E-state index >= 15 is 0 Å². The Morgan fingerprint density at radius 2 is 1.68 bits per heavy atom. The highest BCUT2D eigenvalue weighted by molar-refractivity contribution is 5.98. The highest BCUT2D eigenvalue weighted by Crippen LogP contribution is 2.38. The Balaban J connectivity index is 0.000000196. The van der Waals surface area contributed by atoms with Crippen molar-refractivity contribution in [2.45, 2.75) is 25.1 Å². The number of carbonyl (C=O) groups excluding carboxylic acids is 1. The van der Waals surface area contributed by atoms with Crippen molar-refractivity contribution < 1.29 is 27.4 Å². The molecule has 1 aromatic rings. The highest BCUT2D eigenvalue weighted by Gasteiger charge is 2.45. The van der Waals surface area contributed by atoms with Crippen molar-refractivity contribution in [1.29, 1.82) is 0 Å². The molecule has 25 heavy (non-hydrogen) atoms. The molecule has 2 aliphatic rings. The molecule has 3 rings (SSSR count). The van der Waals surface area contributed by atoms with E-state index < -0.39 is 17.5 Å². The van der Waals surface area contributed by atoms with Crippen molar-refractivity contribution in [2.75, 3.05) is 27.8 Å². The quantitative estimate of drug-likeness (QED) is 0.812. The van der Waals surface area contributed by atoms with Gasteiger partial charge in [0, 0.05) is 12.5 Å². The Morgan fingerprint density at radius 1 is 1.12 bits per heavy atom. The van der Waals surface area contributed by atoms with Gasteiger partial charge >= 0.3 is 6.18 Å². The lowest BCUT2D eigenvalue weighted by Gasteiger charge is -2.28. The fourth-order valence-corrected chi connectivity index (χ4v) is 3.19. The normalized spacial score (nSPS) is 23.3. The maximum atomic E-state index is 12.4. The standard InChI is InChI=1S/C10H12F3NO.C8H10O2/c1-14-3-2-6-4-7(10(11,12)13)9(15)5-8(6)14;1-9-7-5-3-4-6-8(7)10-2/h4,6,8H,2-3,5H2,1H3;3-6H,1-2H3. The number of hydrogen-bond donors (Lipinski definition) is 0. The molecular formula is C18H22F3NO3. The molecule has 0 bridgehead atoms. The number of fused-ring (bicyclic) bond motifs is 1. The van der Waals surface area contributed by atoms with Crippen LogP contribution in [0, 0.1) is 5.92 Å². The van der Waals surface area contributed by atoms with Crippen LogP contribution in [0.2, 0.25) is 0 Å². The summed E-state index contributed by atoms with van der Waals surface area (Å²) in [5.74, 6) is 0.664. The van der Waals surface area contributed by atoms with Gasteiger partial charge in [-0.25, -0.2) is 0 Å². The SMILES string of the molecule is CN1CCC2C=C(C(F)(F)F)C(=O)CC21.COc1ccccc1OC. The van der Waals surface area contributed by atoms with E-state index in [2.05, 4.69) is 0 Å². The lowest BCUT2D eigenvalue weighted by molar-refractivity contribution is -0.131. The first-order chi connectivity index (χ1) is 11.8. The number of nitrogens with zero attached hydrogens (tertiary/aromatic N) is 1. The van der Waals surface area contributed by atoms with Gasteiger partial charge in [0.1, 0.15) is 0 Å². The van der Waals surface area contributed by atoms with Crippen LogP contribution in [0.1, 0.15) is 12.8 Å². The molecule has 0 amide bonds. The fraction of sp³-hybridized carbons (Fsp3) is 0.500. The summed E-state index contributed by atoms with van der Waals surface area (Å²) in [4.78, 5) is 13.3. The largest absolute Gasteiger partial charge is 0.493 e. The van der Waals surface area contributed by atoms with Crippen LogP contribution in [0.15, 0.2) is 35.9 Å². The lowest BCUT2D eigenvalue weighted by Crippen LogP contribution is -2.37. The van der Waals surface area contributed by atoms with Gasteiger partial charge < -0.3 is 14.4 Å². The number of Topliss-reactive ketones (excluding diaryl/α,β-unsaturated/α-hetero) is 1. The van der Waals surface area contributed by atoms with Crippen LogP contribution >= 0.6 is 0 Å². The first kappa shape index (κ1) is 19.3. The Morgan fingerprint density at radius 3 is 2.16 bits per heavy atom. The van der Waals surface area contributed by atoms with Crippen molar-refractivity contribution in [2.24, 2.45) is 5.92 Å². The smallest absolute Gasteiger partial charge is 0.419 e. The molecule has 4 nitrogen and oxygen atoms in total. The summed E-state index contributed by atoms with van der Waals surface area (Å²) in [5, 5.41) is 0. The lowest BCUT2D eigenvalue weighted by atomic mass is 9.85. The molecule has 1 fully saturated rings. The van der Waals surface area contributed by atoms with E-state index in [9.17, 15) is 18.0 Å². The van der Waals surface area contributed by atoms with Gasteiger partial charge in [-0.15, -0.1) is 0 Å². The second-order valence-electron chi connectivity index (χ2n) is 6.06. The van der Waals surface area contributed by atoms with Crippen LogP contribution in [-0.4, -0.2) is 50.7 Å². The number of para-hydroxylation sites is 2. The van der Waals surface area contributed by atoms with Gasteiger partial charge in [-0.3, -0.25) is 4.79 Å². The fourth-order valence-electron chi connectivity index (χ4n) is 3.19. The molecule has 2 atom stereocenters. The average molecular weight is 357 g/mol. The molecule has 1 aliphatic carbocycles. The van der Waals surface area contributed by atoms with E-state index in [0.29, 0.717) is 6.42 Å². The number of ether oxygens (including phenoxy) is 2. The molecule has 138 valence electrons. The summed E-state index contributed by atoms with van der Waals surface area (Å²) < 4.78 is 47.4. The Bertz CT molecular complexity index is 620. The van der Waals surface area contributed by atoms with Gasteiger partial charge in [-0.05, 0) is 38.1 Å². The van der Waals surface area contributed by atoms with E-state index in [0.717, 1.165) is 24.1 Å². The van der Waals surface area contributed by atoms with Crippen LogP contribution in [-0.2, 0) is 4.79 Å². The molecule has 1 aromatic carbocycles. The maximum Gasteiger partial charge on any atom is 0.419 e. The summed E-state index contributed by atoms with van der Waals surface area (Å²) in [6.45, 7) is 0.768. The molecular weight excluding hydrogens is 335 g/mol. The highest BCUT2D eigenvalue weighted by atomic mass is 19.4. The monoisotopic (exact) mass is 357 g/mol. The summed E-state index contributed by atoms with van der Waals surface area (Å²) in [6, 6.07) is 7.50. The molecule has 1 saturated heterocycles. The minimum atomic E-state index is -4.48. The molecule has 1 heterocycles. The number of methoxy groups -OCH3 is 2. The van der Waals surface area contributed by atoms with E-state index in [-0.39, 0.29) is 18.4 Å². The second kappa shape index (κ2) is 7.91. The molecule has 0 N–H and O–H groups in total. The molecule has 0 spiro atoms. The number of carbonyl (C=O) groups is 1. The summed E-state index contributed by atoms with van der Waals surface area (Å²) in [7, 11) is 5.10. The topological polar surface area (TPSA) is 38.8 Å². The van der Waals surface area contributed by atoms with E-state index in [1.165, 1.54) is 0 Å². The van der Waals surface area contributed by atoms with Gasteiger partial charge in [-0.2, -0.15) is 13.2 Å². The predicted molar refractivity (Wildman–Crippen MR) is 87.8 cm³/mol. The number of likely N-dealkylation sites (tertiary alicyclic amines) is 1. The third-order valence-electron chi connectivity index (χ3n) is 4.55. The van der Waals surface area contributed by atoms with Crippen molar-refractivity contribution in [3.05, 3.63) is 35.9 Å². The minimum Gasteiger partial charge on any atom is -0.493 e. The van der Waals surface area contributed by atoms with E-state index in [4.69, 9.17) is 9.47 Å². The Kier molecular flexibility index (Phi) is 6.11. The molecule has 0 aromatic heterocycles. The van der Waals surface area contributed by atoms with Crippen LogP contribution < -0.4 is 9.47 Å². The number of halogens is 3. The van der Waals surface area contributed by atoms with Crippen LogP contribution in [0.5, 0.6) is 11.5 Å². The zero-order valence-electron chi connectivity index (χ0n) is 14.5. The van der Waals surface area contributed by atoms with Gasteiger partial charge in [0.15, 0.2) is 17.3 Å². The molecule has 0 saturated carbocycles. The molecule has 1 aliphatic heterocycles.